The van der Waals surface area contributed by atoms with Crippen LogP contribution in [0.3, 0.4) is 0 Å². The molecule has 1 heterocycles. The van der Waals surface area contributed by atoms with Crippen LogP contribution in [-0.4, -0.2) is 33.6 Å². The van der Waals surface area contributed by atoms with Gasteiger partial charge in [0, 0.05) is 11.1 Å². The number of carboxylic acid groups (broad SMARTS) is 1. The lowest BCUT2D eigenvalue weighted by Crippen LogP contribution is -2.20. The minimum atomic E-state index is -1.09. The molecular weight excluding hydrogens is 430 g/mol. The second-order valence-corrected chi connectivity index (χ2v) is 7.56. The summed E-state index contributed by atoms with van der Waals surface area (Å²) in [6, 6.07) is 27.6. The van der Waals surface area contributed by atoms with E-state index in [9.17, 15) is 9.59 Å². The highest BCUT2D eigenvalue weighted by Gasteiger charge is 2.13. The summed E-state index contributed by atoms with van der Waals surface area (Å²) in [5, 5.41) is 15.8. The molecule has 0 radical (unpaired) electrons. The van der Waals surface area contributed by atoms with Gasteiger partial charge in [0.05, 0.1) is 17.1 Å². The average molecular weight is 449 g/mol. The molecule has 1 aromatic heterocycles. The number of ether oxygens (including phenoxy) is 1. The average Bonchev–Trinajstić information content (AvgIpc) is 2.87. The number of para-hydroxylation sites is 1. The number of nitrogens with zero attached hydrogens (tertiary/aromatic N) is 3. The van der Waals surface area contributed by atoms with Gasteiger partial charge >= 0.3 is 5.97 Å². The molecule has 34 heavy (non-hydrogen) atoms. The third kappa shape index (κ3) is 4.02. The van der Waals surface area contributed by atoms with Crippen LogP contribution in [0, 0.1) is 0 Å². The van der Waals surface area contributed by atoms with Gasteiger partial charge in [-0.1, -0.05) is 72.8 Å². The molecule has 7 nitrogen and oxygen atoms in total. The molecule has 0 aliphatic heterocycles. The first-order chi connectivity index (χ1) is 16.6. The third-order valence-corrected chi connectivity index (χ3v) is 5.37. The molecule has 5 aromatic rings. The predicted octanol–water partition coefficient (Wildman–Crippen LogP) is 4.56. The number of aromatic nitrogens is 2. The minimum Gasteiger partial charge on any atom is -0.481 e. The molecule has 0 aliphatic carbocycles. The number of hydrogen-bond acceptors (Lipinski definition) is 5. The normalized spacial score (nSPS) is 11.3. The van der Waals surface area contributed by atoms with E-state index in [1.54, 1.807) is 24.3 Å². The zero-order valence-corrected chi connectivity index (χ0v) is 18.0. The Morgan fingerprint density at radius 1 is 0.912 bits per heavy atom. The SMILES string of the molecule is O=C(O)COc1ccc2ccccc2c1C=Nn1c(-c2ccccc2)nc2ccccc2c1=O. The van der Waals surface area contributed by atoms with Crippen molar-refractivity contribution in [2.75, 3.05) is 6.61 Å². The number of benzene rings is 4. The van der Waals surface area contributed by atoms with Crippen LogP contribution in [0.15, 0.2) is 101 Å². The van der Waals surface area contributed by atoms with Crippen molar-refractivity contribution in [1.82, 2.24) is 9.66 Å². The van der Waals surface area contributed by atoms with Crippen LogP contribution in [0.25, 0.3) is 33.1 Å². The standard InChI is InChI=1S/C27H19N3O4/c31-25(32)17-34-24-15-14-18-8-4-5-11-20(18)22(24)16-28-30-26(19-9-2-1-3-10-19)29-23-13-7-6-12-21(23)27(30)33/h1-16H,17H2,(H,31,32). The number of carbonyl (C=O) groups is 1. The maximum atomic E-state index is 13.4. The summed E-state index contributed by atoms with van der Waals surface area (Å²) >= 11 is 0. The van der Waals surface area contributed by atoms with Crippen molar-refractivity contribution in [1.29, 1.82) is 0 Å². The van der Waals surface area contributed by atoms with E-state index in [0.29, 0.717) is 28.0 Å². The smallest absolute Gasteiger partial charge is 0.341 e. The van der Waals surface area contributed by atoms with E-state index in [2.05, 4.69) is 5.10 Å². The second kappa shape index (κ2) is 8.99. The molecule has 0 saturated carbocycles. The Kier molecular flexibility index (Phi) is 5.58. The monoisotopic (exact) mass is 449 g/mol. The fourth-order valence-electron chi connectivity index (χ4n) is 3.79. The molecule has 7 heteroatoms. The maximum absolute atomic E-state index is 13.4. The van der Waals surface area contributed by atoms with Crippen LogP contribution in [0.2, 0.25) is 0 Å². The van der Waals surface area contributed by atoms with Crippen molar-refractivity contribution in [3.63, 3.8) is 0 Å². The van der Waals surface area contributed by atoms with Gasteiger partial charge in [-0.3, -0.25) is 4.79 Å². The fourth-order valence-corrected chi connectivity index (χ4v) is 3.79. The summed E-state index contributed by atoms with van der Waals surface area (Å²) in [6.45, 7) is -0.494. The van der Waals surface area contributed by atoms with E-state index in [1.165, 1.54) is 10.9 Å². The molecule has 1 N–H and O–H groups in total. The molecule has 0 unspecified atom stereocenters. The van der Waals surface area contributed by atoms with Gasteiger partial charge in [0.1, 0.15) is 5.75 Å². The molecule has 0 atom stereocenters. The van der Waals surface area contributed by atoms with E-state index in [-0.39, 0.29) is 5.56 Å². The predicted molar refractivity (Wildman–Crippen MR) is 132 cm³/mol. The van der Waals surface area contributed by atoms with Gasteiger partial charge in [0.2, 0.25) is 0 Å². The lowest BCUT2D eigenvalue weighted by molar-refractivity contribution is -0.139. The van der Waals surface area contributed by atoms with Crippen LogP contribution in [0.1, 0.15) is 5.56 Å². The Bertz CT molecular complexity index is 1610. The third-order valence-electron chi connectivity index (χ3n) is 5.37. The Morgan fingerprint density at radius 3 is 2.41 bits per heavy atom. The number of aliphatic carboxylic acids is 1. The molecule has 5 rings (SSSR count). The lowest BCUT2D eigenvalue weighted by atomic mass is 10.0. The van der Waals surface area contributed by atoms with E-state index in [0.717, 1.165) is 16.3 Å². The molecule has 166 valence electrons. The first kappa shape index (κ1) is 21.1. The van der Waals surface area contributed by atoms with E-state index < -0.39 is 12.6 Å². The maximum Gasteiger partial charge on any atom is 0.341 e. The first-order valence-corrected chi connectivity index (χ1v) is 10.6. The molecule has 0 amide bonds. The summed E-state index contributed by atoms with van der Waals surface area (Å²) in [7, 11) is 0. The highest BCUT2D eigenvalue weighted by molar-refractivity contribution is 6.02. The number of carboxylic acids is 1. The quantitative estimate of drug-likeness (QED) is 0.384. The van der Waals surface area contributed by atoms with Crippen LogP contribution >= 0.6 is 0 Å². The van der Waals surface area contributed by atoms with E-state index >= 15 is 0 Å². The van der Waals surface area contributed by atoms with Crippen LogP contribution < -0.4 is 10.3 Å². The second-order valence-electron chi connectivity index (χ2n) is 7.56. The van der Waals surface area contributed by atoms with Crippen molar-refractivity contribution in [2.24, 2.45) is 5.10 Å². The van der Waals surface area contributed by atoms with Gasteiger partial charge < -0.3 is 9.84 Å². The van der Waals surface area contributed by atoms with Gasteiger partial charge in [-0.05, 0) is 29.0 Å². The van der Waals surface area contributed by atoms with Crippen LogP contribution in [-0.2, 0) is 4.79 Å². The molecule has 0 bridgehead atoms. The Hall–Kier alpha value is -4.78. The van der Waals surface area contributed by atoms with Crippen LogP contribution in [0.5, 0.6) is 5.75 Å². The van der Waals surface area contributed by atoms with Gasteiger partial charge in [-0.25, -0.2) is 9.78 Å². The zero-order valence-electron chi connectivity index (χ0n) is 18.0. The molecular formula is C27H19N3O4. The molecule has 4 aromatic carbocycles. The highest BCUT2D eigenvalue weighted by Crippen LogP contribution is 2.27. The summed E-state index contributed by atoms with van der Waals surface area (Å²) in [5.41, 5.74) is 1.57. The highest BCUT2D eigenvalue weighted by atomic mass is 16.5. The van der Waals surface area contributed by atoms with E-state index in [4.69, 9.17) is 14.8 Å². The van der Waals surface area contributed by atoms with E-state index in [1.807, 2.05) is 66.7 Å². The summed E-state index contributed by atoms with van der Waals surface area (Å²) < 4.78 is 6.78. The Labute approximate surface area is 194 Å². The molecule has 0 saturated heterocycles. The minimum absolute atomic E-state index is 0.311. The largest absolute Gasteiger partial charge is 0.481 e. The molecule has 0 fully saturated rings. The van der Waals surface area contributed by atoms with Gasteiger partial charge in [-0.15, -0.1) is 0 Å². The van der Waals surface area contributed by atoms with Crippen LogP contribution in [0.4, 0.5) is 0 Å². The van der Waals surface area contributed by atoms with Crippen molar-refractivity contribution in [3.05, 3.63) is 107 Å². The summed E-state index contributed by atoms with van der Waals surface area (Å²) in [5.74, 6) is -0.334. The number of fused-ring (bicyclic) bond motifs is 2. The number of rotatable bonds is 6. The van der Waals surface area contributed by atoms with Crippen molar-refractivity contribution < 1.29 is 14.6 Å². The van der Waals surface area contributed by atoms with Gasteiger partial charge in [-0.2, -0.15) is 9.78 Å². The summed E-state index contributed by atoms with van der Waals surface area (Å²) in [4.78, 5) is 29.2. The topological polar surface area (TPSA) is 93.8 Å². The lowest BCUT2D eigenvalue weighted by Gasteiger charge is -2.12. The Morgan fingerprint density at radius 2 is 1.62 bits per heavy atom. The van der Waals surface area contributed by atoms with Crippen molar-refractivity contribution >= 4 is 33.9 Å². The zero-order chi connectivity index (χ0) is 23.5. The molecule has 0 aliphatic rings. The first-order valence-electron chi connectivity index (χ1n) is 10.6. The Balaban J connectivity index is 1.72. The van der Waals surface area contributed by atoms with Crippen molar-refractivity contribution in [3.8, 4) is 17.1 Å². The fraction of sp³-hybridized carbons (Fsp3) is 0.0370. The molecule has 0 spiro atoms. The van der Waals surface area contributed by atoms with Gasteiger partial charge in [0.25, 0.3) is 5.56 Å². The summed E-state index contributed by atoms with van der Waals surface area (Å²) in [6.07, 6.45) is 1.52. The number of hydrogen-bond donors (Lipinski definition) is 1. The van der Waals surface area contributed by atoms with Gasteiger partial charge in [0.15, 0.2) is 12.4 Å². The van der Waals surface area contributed by atoms with Crippen molar-refractivity contribution in [2.45, 2.75) is 0 Å².